The highest BCUT2D eigenvalue weighted by Gasteiger charge is 2.27. The van der Waals surface area contributed by atoms with Crippen LogP contribution in [0.3, 0.4) is 0 Å². The van der Waals surface area contributed by atoms with Crippen LogP contribution in [0.1, 0.15) is 149 Å². The lowest BCUT2D eigenvalue weighted by Gasteiger charge is -2.20. The van der Waals surface area contributed by atoms with Gasteiger partial charge < -0.3 is 25.2 Å². The van der Waals surface area contributed by atoms with E-state index in [1.807, 2.05) is 0 Å². The molecule has 0 aliphatic rings. The number of hydrogen-bond donors (Lipinski definition) is 3. The molecule has 0 rings (SSSR count). The van der Waals surface area contributed by atoms with Crippen LogP contribution in [0.5, 0.6) is 0 Å². The van der Waals surface area contributed by atoms with Gasteiger partial charge in [-0.3, -0.25) is 18.6 Å². The maximum Gasteiger partial charge on any atom is 0.472 e. The van der Waals surface area contributed by atoms with E-state index in [0.29, 0.717) is 13.0 Å². The van der Waals surface area contributed by atoms with E-state index < -0.39 is 45.1 Å². The molecule has 0 aliphatic heterocycles. The molecule has 0 aliphatic carbocycles. The highest BCUT2D eigenvalue weighted by Crippen LogP contribution is 2.43. The van der Waals surface area contributed by atoms with Crippen molar-refractivity contribution >= 4 is 19.8 Å². The first kappa shape index (κ1) is 47.9. The van der Waals surface area contributed by atoms with E-state index in [1.165, 1.54) is 51.4 Å². The van der Waals surface area contributed by atoms with Crippen LogP contribution < -0.4 is 5.73 Å². The number of nitrogens with two attached hydrogens (primary N) is 1. The average molecular weight is 728 g/mol. The summed E-state index contributed by atoms with van der Waals surface area (Å²) in [6.45, 7) is 3.71. The third-order valence-corrected chi connectivity index (χ3v) is 8.82. The van der Waals surface area contributed by atoms with Crippen molar-refractivity contribution in [3.8, 4) is 0 Å². The number of phosphoric acid groups is 1. The Bertz CT molecular complexity index is 983. The minimum Gasteiger partial charge on any atom is -0.480 e. The fourth-order valence-corrected chi connectivity index (χ4v) is 5.67. The van der Waals surface area contributed by atoms with Crippen molar-refractivity contribution in [2.24, 2.45) is 5.73 Å². The second-order valence-electron chi connectivity index (χ2n) is 12.7. The summed E-state index contributed by atoms with van der Waals surface area (Å²) >= 11 is 0. The summed E-state index contributed by atoms with van der Waals surface area (Å²) in [6, 6.07) is -1.48. The number of carboxylic acids is 1. The molecule has 0 saturated heterocycles. The Morgan fingerprint density at radius 2 is 1.16 bits per heavy atom. The van der Waals surface area contributed by atoms with Crippen molar-refractivity contribution in [3.63, 3.8) is 0 Å². The quantitative estimate of drug-likeness (QED) is 0.0246. The molecule has 3 unspecified atom stereocenters. The molecule has 0 aromatic carbocycles. The third-order valence-electron chi connectivity index (χ3n) is 7.87. The molecule has 11 heteroatoms. The van der Waals surface area contributed by atoms with E-state index in [-0.39, 0.29) is 13.0 Å². The molecule has 10 nitrogen and oxygen atoms in total. The summed E-state index contributed by atoms with van der Waals surface area (Å²) in [5.74, 6) is -1.81. The Hall–Kier alpha value is -2.07. The van der Waals surface area contributed by atoms with Crippen LogP contribution in [-0.2, 0) is 32.7 Å². The number of esters is 1. The number of rotatable bonds is 36. The van der Waals surface area contributed by atoms with Crippen molar-refractivity contribution in [3.05, 3.63) is 48.6 Å². The molecular weight excluding hydrogens is 657 g/mol. The van der Waals surface area contributed by atoms with Gasteiger partial charge in [-0.1, -0.05) is 140 Å². The molecular formula is C39H70NO9P. The lowest BCUT2D eigenvalue weighted by Crippen LogP contribution is -2.34. The zero-order valence-corrected chi connectivity index (χ0v) is 32.1. The number of aliphatic carboxylic acids is 1. The Labute approximate surface area is 303 Å². The zero-order valence-electron chi connectivity index (χ0n) is 31.2. The number of ether oxygens (including phenoxy) is 2. The summed E-state index contributed by atoms with van der Waals surface area (Å²) < 4.78 is 33.2. The molecule has 50 heavy (non-hydrogen) atoms. The van der Waals surface area contributed by atoms with Gasteiger partial charge in [-0.25, -0.2) is 4.57 Å². The van der Waals surface area contributed by atoms with Gasteiger partial charge in [0.05, 0.1) is 19.8 Å². The first-order valence-electron chi connectivity index (χ1n) is 19.2. The summed E-state index contributed by atoms with van der Waals surface area (Å²) in [4.78, 5) is 33.4. The number of unbranched alkanes of at least 4 members (excludes halogenated alkanes) is 14. The van der Waals surface area contributed by atoms with Crippen LogP contribution in [0.15, 0.2) is 48.6 Å². The fraction of sp³-hybridized carbons (Fsp3) is 0.744. The molecule has 0 radical (unpaired) electrons. The summed E-state index contributed by atoms with van der Waals surface area (Å²) in [7, 11) is -4.61. The standard InChI is InChI=1S/C39H70NO9P/c1-3-5-7-9-11-13-15-16-17-18-19-20-21-23-25-27-29-31-38(41)49-36(34-47-50(44,45)48-35-37(40)39(42)43)33-46-32-30-28-26-24-22-14-12-10-8-6-4-2/h5,7,11,13,16-17,19-20,36-37H,3-4,6,8-10,12,14-15,18,21-35,40H2,1-2H3,(H,42,43)(H,44,45)/b7-5-,13-11-,17-16-,20-19-. The van der Waals surface area contributed by atoms with Crippen molar-refractivity contribution in [1.29, 1.82) is 0 Å². The van der Waals surface area contributed by atoms with Gasteiger partial charge in [-0.05, 0) is 51.4 Å². The molecule has 0 spiro atoms. The largest absolute Gasteiger partial charge is 0.480 e. The van der Waals surface area contributed by atoms with Crippen LogP contribution in [0.4, 0.5) is 0 Å². The van der Waals surface area contributed by atoms with Crippen LogP contribution in [0.2, 0.25) is 0 Å². The first-order chi connectivity index (χ1) is 24.2. The van der Waals surface area contributed by atoms with Gasteiger partial charge in [0.25, 0.3) is 0 Å². The lowest BCUT2D eigenvalue weighted by molar-refractivity contribution is -0.154. The molecule has 0 saturated carbocycles. The van der Waals surface area contributed by atoms with E-state index in [4.69, 9.17) is 24.8 Å². The van der Waals surface area contributed by atoms with Crippen LogP contribution in [-0.4, -0.2) is 60.5 Å². The number of carboxylic acid groups (broad SMARTS) is 1. The third kappa shape index (κ3) is 34.4. The Balaban J connectivity index is 4.35. The van der Waals surface area contributed by atoms with Crippen LogP contribution in [0.25, 0.3) is 0 Å². The SMILES string of the molecule is CC/C=C\C/C=C\C/C=C\C/C=C\CCCCCCC(=O)OC(COCCCCCCCCCCCCC)COP(=O)(O)OCC(N)C(=O)O. The first-order valence-corrected chi connectivity index (χ1v) is 20.7. The summed E-state index contributed by atoms with van der Waals surface area (Å²) in [5, 5.41) is 8.86. The minimum atomic E-state index is -4.61. The predicted molar refractivity (Wildman–Crippen MR) is 203 cm³/mol. The highest BCUT2D eigenvalue weighted by molar-refractivity contribution is 7.47. The van der Waals surface area contributed by atoms with Gasteiger partial charge in [-0.15, -0.1) is 0 Å². The topological polar surface area (TPSA) is 155 Å². The molecule has 290 valence electrons. The molecule has 3 atom stereocenters. The van der Waals surface area contributed by atoms with Crippen molar-refractivity contribution in [1.82, 2.24) is 0 Å². The normalized spacial score (nSPS) is 14.6. The van der Waals surface area contributed by atoms with E-state index in [2.05, 4.69) is 67.0 Å². The van der Waals surface area contributed by atoms with E-state index in [9.17, 15) is 19.0 Å². The average Bonchev–Trinajstić information content (AvgIpc) is 3.09. The lowest BCUT2D eigenvalue weighted by atomic mass is 10.1. The molecule has 0 fully saturated rings. The molecule has 0 heterocycles. The van der Waals surface area contributed by atoms with Gasteiger partial charge in [0.1, 0.15) is 12.1 Å². The smallest absolute Gasteiger partial charge is 0.472 e. The number of hydrogen-bond acceptors (Lipinski definition) is 8. The van der Waals surface area contributed by atoms with Crippen molar-refractivity contribution < 1.29 is 42.7 Å². The molecule has 0 aromatic heterocycles. The van der Waals surface area contributed by atoms with E-state index in [1.54, 1.807) is 0 Å². The van der Waals surface area contributed by atoms with Crippen LogP contribution in [0, 0.1) is 0 Å². The fourth-order valence-electron chi connectivity index (χ4n) is 4.89. The highest BCUT2D eigenvalue weighted by atomic mass is 31.2. The Kier molecular flexibility index (Phi) is 33.9. The number of phosphoric ester groups is 1. The Morgan fingerprint density at radius 3 is 1.74 bits per heavy atom. The van der Waals surface area contributed by atoms with E-state index >= 15 is 0 Å². The van der Waals surface area contributed by atoms with Gasteiger partial charge >= 0.3 is 19.8 Å². The zero-order chi connectivity index (χ0) is 37.0. The van der Waals surface area contributed by atoms with Gasteiger partial charge in [0.15, 0.2) is 0 Å². The van der Waals surface area contributed by atoms with E-state index in [0.717, 1.165) is 70.6 Å². The monoisotopic (exact) mass is 727 g/mol. The maximum atomic E-state index is 12.6. The molecule has 0 bridgehead atoms. The molecule has 4 N–H and O–H groups in total. The molecule has 0 amide bonds. The number of carbonyl (C=O) groups excluding carboxylic acids is 1. The minimum absolute atomic E-state index is 0.00695. The van der Waals surface area contributed by atoms with Gasteiger partial charge in [0, 0.05) is 13.0 Å². The second-order valence-corrected chi connectivity index (χ2v) is 14.1. The van der Waals surface area contributed by atoms with Crippen molar-refractivity contribution in [2.45, 2.75) is 161 Å². The second kappa shape index (κ2) is 35.3. The Morgan fingerprint density at radius 1 is 0.660 bits per heavy atom. The van der Waals surface area contributed by atoms with Gasteiger partial charge in [0.2, 0.25) is 0 Å². The predicted octanol–water partition coefficient (Wildman–Crippen LogP) is 9.92. The summed E-state index contributed by atoms with van der Waals surface area (Å²) in [5.41, 5.74) is 5.33. The van der Waals surface area contributed by atoms with Crippen LogP contribution >= 0.6 is 7.82 Å². The van der Waals surface area contributed by atoms with Gasteiger partial charge in [-0.2, -0.15) is 0 Å². The molecule has 0 aromatic rings. The van der Waals surface area contributed by atoms with Crippen molar-refractivity contribution in [2.75, 3.05) is 26.4 Å². The summed E-state index contributed by atoms with van der Waals surface area (Å²) in [6.07, 6.45) is 38.8. The number of allylic oxidation sites excluding steroid dienone is 8. The number of carbonyl (C=O) groups is 2. The maximum absolute atomic E-state index is 12.6.